The molecular formula is C28H24N6O3. The average Bonchev–Trinajstić information content (AvgIpc) is 3.37. The molecule has 0 fully saturated rings. The monoisotopic (exact) mass is 492 g/mol. The Morgan fingerprint density at radius 1 is 1.08 bits per heavy atom. The number of carbonyl (C=O) groups excluding carboxylic acids is 2. The van der Waals surface area contributed by atoms with Gasteiger partial charge >= 0.3 is 0 Å². The number of hydrogen-bond acceptors (Lipinski definition) is 6. The molecule has 9 heteroatoms. The average molecular weight is 493 g/mol. The van der Waals surface area contributed by atoms with Gasteiger partial charge in [-0.1, -0.05) is 42.2 Å². The Balaban J connectivity index is 1.31. The van der Waals surface area contributed by atoms with Crippen LogP contribution < -0.4 is 15.0 Å². The van der Waals surface area contributed by atoms with Gasteiger partial charge in [0.05, 0.1) is 12.2 Å². The van der Waals surface area contributed by atoms with Gasteiger partial charge in [-0.25, -0.2) is 9.67 Å². The van der Waals surface area contributed by atoms with E-state index in [0.717, 1.165) is 11.1 Å². The Labute approximate surface area is 214 Å². The summed E-state index contributed by atoms with van der Waals surface area (Å²) >= 11 is 0. The van der Waals surface area contributed by atoms with E-state index in [-0.39, 0.29) is 11.7 Å². The van der Waals surface area contributed by atoms with Gasteiger partial charge in [-0.3, -0.25) is 14.6 Å². The number of nitrogens with zero attached hydrogens (tertiary/aromatic N) is 5. The van der Waals surface area contributed by atoms with Crippen molar-refractivity contribution >= 4 is 17.5 Å². The number of carbonyl (C=O) groups is 2. The molecule has 1 aliphatic rings. The molecule has 1 aliphatic heterocycles. The molecule has 9 nitrogen and oxygen atoms in total. The highest BCUT2D eigenvalue weighted by Crippen LogP contribution is 2.33. The fraction of sp³-hybridized carbons (Fsp3) is 0.179. The van der Waals surface area contributed by atoms with Crippen molar-refractivity contribution < 1.29 is 14.3 Å². The van der Waals surface area contributed by atoms with E-state index in [4.69, 9.17) is 4.74 Å². The van der Waals surface area contributed by atoms with E-state index in [9.17, 15) is 9.59 Å². The predicted octanol–water partition coefficient (Wildman–Crippen LogP) is 2.66. The molecule has 4 aromatic rings. The first-order chi connectivity index (χ1) is 18.0. The molecular weight excluding hydrogens is 468 g/mol. The van der Waals surface area contributed by atoms with E-state index in [0.29, 0.717) is 23.5 Å². The van der Waals surface area contributed by atoms with Crippen molar-refractivity contribution in [3.63, 3.8) is 0 Å². The van der Waals surface area contributed by atoms with Crippen molar-refractivity contribution in [3.05, 3.63) is 102 Å². The maximum atomic E-state index is 13.4. The van der Waals surface area contributed by atoms with Gasteiger partial charge in [-0.15, -0.1) is 5.10 Å². The summed E-state index contributed by atoms with van der Waals surface area (Å²) in [5.41, 5.74) is 3.10. The van der Waals surface area contributed by atoms with Crippen LogP contribution in [0.5, 0.6) is 5.75 Å². The Morgan fingerprint density at radius 3 is 2.68 bits per heavy atom. The predicted molar refractivity (Wildman–Crippen MR) is 137 cm³/mol. The number of aromatic nitrogens is 4. The number of amides is 2. The third-order valence-electron chi connectivity index (χ3n) is 5.93. The van der Waals surface area contributed by atoms with E-state index in [1.165, 1.54) is 11.2 Å². The zero-order valence-electron chi connectivity index (χ0n) is 20.3. The number of rotatable bonds is 4. The Bertz CT molecular complexity index is 1490. The second-order valence-electron chi connectivity index (χ2n) is 8.60. The molecule has 0 aliphatic carbocycles. The molecule has 184 valence electrons. The summed E-state index contributed by atoms with van der Waals surface area (Å²) in [6.07, 6.45) is 4.24. The van der Waals surface area contributed by atoms with Crippen LogP contribution in [0.3, 0.4) is 0 Å². The zero-order chi connectivity index (χ0) is 25.8. The van der Waals surface area contributed by atoms with Crippen molar-refractivity contribution in [2.75, 3.05) is 11.9 Å². The molecule has 2 amide bonds. The minimum atomic E-state index is -0.934. The van der Waals surface area contributed by atoms with Crippen molar-refractivity contribution in [1.82, 2.24) is 25.1 Å². The lowest BCUT2D eigenvalue weighted by Gasteiger charge is -2.23. The van der Waals surface area contributed by atoms with Gasteiger partial charge in [0.15, 0.2) is 0 Å². The van der Waals surface area contributed by atoms with Gasteiger partial charge in [-0.05, 0) is 42.8 Å². The zero-order valence-corrected chi connectivity index (χ0v) is 20.3. The lowest BCUT2D eigenvalue weighted by molar-refractivity contribution is -0.121. The molecule has 0 saturated carbocycles. The number of anilines is 1. The number of nitrogens with one attached hydrogen (secondary N) is 1. The minimum Gasteiger partial charge on any atom is -0.486 e. The lowest BCUT2D eigenvalue weighted by Crippen LogP contribution is -2.53. The van der Waals surface area contributed by atoms with Crippen LogP contribution in [-0.4, -0.2) is 50.8 Å². The summed E-state index contributed by atoms with van der Waals surface area (Å²) in [4.78, 5) is 36.0. The highest BCUT2D eigenvalue weighted by molar-refractivity contribution is 6.02. The summed E-state index contributed by atoms with van der Waals surface area (Å²) in [5, 5.41) is 7.02. The highest BCUT2D eigenvalue weighted by atomic mass is 16.5. The van der Waals surface area contributed by atoms with Crippen LogP contribution >= 0.6 is 0 Å². The number of hydrogen-bond donors (Lipinski definition) is 1. The number of pyridine rings is 1. The molecule has 2 aromatic carbocycles. The fourth-order valence-corrected chi connectivity index (χ4v) is 3.96. The second kappa shape index (κ2) is 10.3. The second-order valence-corrected chi connectivity index (χ2v) is 8.60. The molecule has 0 bridgehead atoms. The molecule has 0 spiro atoms. The largest absolute Gasteiger partial charge is 0.486 e. The van der Waals surface area contributed by atoms with E-state index < -0.39 is 18.1 Å². The number of fused-ring (bicyclic) bond motifs is 1. The third kappa shape index (κ3) is 5.33. The molecule has 0 unspecified atom stereocenters. The van der Waals surface area contributed by atoms with Crippen LogP contribution in [0.1, 0.15) is 34.2 Å². The summed E-state index contributed by atoms with van der Waals surface area (Å²) in [5.74, 6) is 5.78. The van der Waals surface area contributed by atoms with Crippen molar-refractivity contribution in [2.45, 2.75) is 25.6 Å². The molecule has 0 radical (unpaired) electrons. The lowest BCUT2D eigenvalue weighted by atomic mass is 10.1. The van der Waals surface area contributed by atoms with E-state index in [1.54, 1.807) is 43.2 Å². The summed E-state index contributed by atoms with van der Waals surface area (Å²) < 4.78 is 7.65. The fourth-order valence-electron chi connectivity index (χ4n) is 3.96. The van der Waals surface area contributed by atoms with Crippen LogP contribution in [0.15, 0.2) is 79.4 Å². The van der Waals surface area contributed by atoms with Gasteiger partial charge in [0.25, 0.3) is 11.8 Å². The molecule has 2 aromatic heterocycles. The molecule has 5 rings (SSSR count). The van der Waals surface area contributed by atoms with E-state index >= 15 is 0 Å². The quantitative estimate of drug-likeness (QED) is 0.440. The van der Waals surface area contributed by atoms with Crippen molar-refractivity contribution in [2.24, 2.45) is 0 Å². The molecule has 3 heterocycles. The topological polar surface area (TPSA) is 102 Å². The third-order valence-corrected chi connectivity index (χ3v) is 5.93. The number of likely N-dealkylation sites (N-methyl/N-ethyl adjacent to an activating group) is 1. The molecule has 2 atom stereocenters. The van der Waals surface area contributed by atoms with Gasteiger partial charge in [0.1, 0.15) is 24.2 Å². The van der Waals surface area contributed by atoms with Gasteiger partial charge < -0.3 is 15.0 Å². The maximum Gasteiger partial charge on any atom is 0.291 e. The first kappa shape index (κ1) is 23.8. The Morgan fingerprint density at radius 2 is 1.89 bits per heavy atom. The van der Waals surface area contributed by atoms with Crippen LogP contribution in [0.25, 0.3) is 0 Å². The summed E-state index contributed by atoms with van der Waals surface area (Å²) in [7, 11) is 1.65. The normalized spacial score (nSPS) is 16.6. The van der Waals surface area contributed by atoms with Crippen LogP contribution in [0.2, 0.25) is 0 Å². The maximum absolute atomic E-state index is 13.4. The summed E-state index contributed by atoms with van der Waals surface area (Å²) in [6, 6.07) is 17.9. The number of benzene rings is 2. The van der Waals surface area contributed by atoms with Gasteiger partial charge in [0, 0.05) is 30.6 Å². The SMILES string of the molecule is C[C@H]1Oc2ccc(C#Cc3cccnc3)cc2N(C)C(=O)[C@H]1NC(=O)c1ncn(Cc2ccccc2)n1. The first-order valence-electron chi connectivity index (χ1n) is 11.7. The van der Waals surface area contributed by atoms with Crippen LogP contribution in [-0.2, 0) is 11.3 Å². The molecule has 1 N–H and O–H groups in total. The highest BCUT2D eigenvalue weighted by Gasteiger charge is 2.36. The molecule has 0 saturated heterocycles. The molecule has 37 heavy (non-hydrogen) atoms. The van der Waals surface area contributed by atoms with Gasteiger partial charge in [-0.2, -0.15) is 0 Å². The van der Waals surface area contributed by atoms with Crippen molar-refractivity contribution in [1.29, 1.82) is 0 Å². The minimum absolute atomic E-state index is 0.0201. The van der Waals surface area contributed by atoms with Crippen LogP contribution in [0, 0.1) is 11.8 Å². The first-order valence-corrected chi connectivity index (χ1v) is 11.7. The Hall–Kier alpha value is -4.97. The van der Waals surface area contributed by atoms with E-state index in [2.05, 4.69) is 32.2 Å². The Kier molecular flexibility index (Phi) is 6.64. The van der Waals surface area contributed by atoms with Crippen molar-refractivity contribution in [3.8, 4) is 17.6 Å². The summed E-state index contributed by atoms with van der Waals surface area (Å²) in [6.45, 7) is 2.22. The van der Waals surface area contributed by atoms with E-state index in [1.807, 2.05) is 48.5 Å². The smallest absolute Gasteiger partial charge is 0.291 e. The van der Waals surface area contributed by atoms with Gasteiger partial charge in [0.2, 0.25) is 5.82 Å². The number of ether oxygens (including phenoxy) is 1. The van der Waals surface area contributed by atoms with Crippen LogP contribution in [0.4, 0.5) is 5.69 Å². The standard InChI is InChI=1S/C28H24N6O3/c1-19-25(31-27(35)26-30-18-34(32-26)17-22-7-4-3-5-8-22)28(36)33(2)23-15-20(12-13-24(23)37-19)10-11-21-9-6-14-29-16-21/h3-9,12-16,18-19,25H,17H2,1-2H3,(H,31,35)/t19-,25+/m1/s1.